The average Bonchev–Trinajstić information content (AvgIpc) is 3.06. The van der Waals surface area contributed by atoms with E-state index in [9.17, 15) is 14.4 Å². The zero-order chi connectivity index (χ0) is 20.6. The Morgan fingerprint density at radius 2 is 1.86 bits per heavy atom. The van der Waals surface area contributed by atoms with Crippen molar-refractivity contribution >= 4 is 11.8 Å². The van der Waals surface area contributed by atoms with Crippen molar-refractivity contribution in [1.29, 1.82) is 5.26 Å². The molecule has 3 aromatic rings. The smallest absolute Gasteiger partial charge is 0.315 e. The Kier molecular flexibility index (Phi) is 6.43. The van der Waals surface area contributed by atoms with Gasteiger partial charge >= 0.3 is 6.03 Å². The molecule has 2 amide bonds. The van der Waals surface area contributed by atoms with Gasteiger partial charge in [-0.1, -0.05) is 30.3 Å². The molecule has 0 spiro atoms. The molecular formula is C21H21FN6O. The number of nitrogens with one attached hydrogen (secondary N) is 2. The molecule has 3 rings (SSSR count). The van der Waals surface area contributed by atoms with Crippen LogP contribution >= 0.6 is 0 Å². The molecule has 7 nitrogen and oxygen atoms in total. The van der Waals surface area contributed by atoms with Gasteiger partial charge in [-0.25, -0.2) is 13.9 Å². The summed E-state index contributed by atoms with van der Waals surface area (Å²) in [4.78, 5) is 11.9. The van der Waals surface area contributed by atoms with Crippen molar-refractivity contribution < 1.29 is 9.18 Å². The van der Waals surface area contributed by atoms with Gasteiger partial charge < -0.3 is 16.4 Å². The van der Waals surface area contributed by atoms with E-state index in [1.165, 1.54) is 12.1 Å². The number of amides is 2. The van der Waals surface area contributed by atoms with Crippen molar-refractivity contribution in [2.45, 2.75) is 19.4 Å². The molecular weight excluding hydrogens is 371 g/mol. The predicted octanol–water partition coefficient (Wildman–Crippen LogP) is 2.90. The Bertz CT molecular complexity index is 1010. The number of carbonyl (C=O) groups is 1. The molecule has 8 heteroatoms. The van der Waals surface area contributed by atoms with Gasteiger partial charge in [0.1, 0.15) is 23.3 Å². The number of aromatic nitrogens is 2. The van der Waals surface area contributed by atoms with Gasteiger partial charge in [0.05, 0.1) is 11.4 Å². The molecule has 1 aromatic heterocycles. The highest BCUT2D eigenvalue weighted by Gasteiger charge is 2.16. The highest BCUT2D eigenvalue weighted by molar-refractivity contribution is 5.73. The van der Waals surface area contributed by atoms with Crippen LogP contribution in [0.3, 0.4) is 0 Å². The molecule has 4 N–H and O–H groups in total. The lowest BCUT2D eigenvalue weighted by Gasteiger charge is -2.07. The molecule has 0 unspecified atom stereocenters. The number of hydrogen-bond donors (Lipinski definition) is 3. The predicted molar refractivity (Wildman–Crippen MR) is 108 cm³/mol. The number of nitriles is 1. The van der Waals surface area contributed by atoms with Gasteiger partial charge in [0.15, 0.2) is 0 Å². The Hall–Kier alpha value is -3.86. The summed E-state index contributed by atoms with van der Waals surface area (Å²) in [5.41, 5.74) is 8.62. The Labute approximate surface area is 168 Å². The Balaban J connectivity index is 1.49. The van der Waals surface area contributed by atoms with E-state index >= 15 is 0 Å². The van der Waals surface area contributed by atoms with Gasteiger partial charge in [0.2, 0.25) is 0 Å². The van der Waals surface area contributed by atoms with Gasteiger partial charge in [0, 0.05) is 13.1 Å². The fraction of sp³-hybridized carbons (Fsp3) is 0.190. The molecule has 29 heavy (non-hydrogen) atoms. The molecule has 0 aliphatic rings. The number of hydrogen-bond acceptors (Lipinski definition) is 4. The minimum atomic E-state index is -0.316. The number of anilines is 1. The second-order valence-corrected chi connectivity index (χ2v) is 6.41. The van der Waals surface area contributed by atoms with Crippen molar-refractivity contribution in [1.82, 2.24) is 20.4 Å². The maximum absolute atomic E-state index is 12.9. The van der Waals surface area contributed by atoms with Crippen molar-refractivity contribution in [3.63, 3.8) is 0 Å². The summed E-state index contributed by atoms with van der Waals surface area (Å²) in [7, 11) is 0. The maximum atomic E-state index is 12.9. The number of nitrogen functional groups attached to an aromatic ring is 1. The number of halogens is 1. The van der Waals surface area contributed by atoms with Gasteiger partial charge in [0.25, 0.3) is 0 Å². The standard InChI is InChI=1S/C21H21FN6O/c22-16-10-8-15(9-11-16)14-26-21(29)25-12-4-7-19-18(13-23)20(24)28(27-19)17-5-2-1-3-6-17/h1-3,5-6,8-11H,4,7,12,14,24H2,(H2,25,26,29). The summed E-state index contributed by atoms with van der Waals surface area (Å²) in [6.45, 7) is 0.723. The first-order valence-corrected chi connectivity index (χ1v) is 9.17. The maximum Gasteiger partial charge on any atom is 0.315 e. The first-order chi connectivity index (χ1) is 14.1. The van der Waals surface area contributed by atoms with Crippen molar-refractivity contribution in [3.05, 3.63) is 77.2 Å². The number of nitrogens with two attached hydrogens (primary N) is 1. The molecule has 0 atom stereocenters. The largest absolute Gasteiger partial charge is 0.382 e. The molecule has 0 aliphatic carbocycles. The van der Waals surface area contributed by atoms with E-state index in [1.807, 2.05) is 30.3 Å². The van der Waals surface area contributed by atoms with E-state index in [-0.39, 0.29) is 11.8 Å². The highest BCUT2D eigenvalue weighted by atomic mass is 19.1. The van der Waals surface area contributed by atoms with Crippen LogP contribution < -0.4 is 16.4 Å². The summed E-state index contributed by atoms with van der Waals surface area (Å²) in [5.74, 6) is -0.0102. The molecule has 148 valence electrons. The third-order valence-electron chi connectivity index (χ3n) is 4.35. The molecule has 0 saturated heterocycles. The summed E-state index contributed by atoms with van der Waals surface area (Å²) in [6, 6.07) is 17.1. The molecule has 1 heterocycles. The second-order valence-electron chi connectivity index (χ2n) is 6.41. The van der Waals surface area contributed by atoms with E-state index in [4.69, 9.17) is 5.73 Å². The van der Waals surface area contributed by atoms with Crippen LogP contribution in [0.25, 0.3) is 5.69 Å². The van der Waals surface area contributed by atoms with Crippen molar-refractivity contribution in [2.75, 3.05) is 12.3 Å². The minimum Gasteiger partial charge on any atom is -0.382 e. The Morgan fingerprint density at radius 1 is 1.14 bits per heavy atom. The number of nitrogens with zero attached hydrogens (tertiary/aromatic N) is 3. The van der Waals surface area contributed by atoms with E-state index in [2.05, 4.69) is 21.8 Å². The fourth-order valence-electron chi connectivity index (χ4n) is 2.85. The van der Waals surface area contributed by atoms with Crippen LogP contribution in [-0.2, 0) is 13.0 Å². The Morgan fingerprint density at radius 3 is 2.55 bits per heavy atom. The third-order valence-corrected chi connectivity index (χ3v) is 4.35. The molecule has 0 saturated carbocycles. The van der Waals surface area contributed by atoms with Crippen LogP contribution in [0, 0.1) is 17.1 Å². The van der Waals surface area contributed by atoms with Gasteiger partial charge in [-0.15, -0.1) is 0 Å². The first-order valence-electron chi connectivity index (χ1n) is 9.17. The number of urea groups is 1. The van der Waals surface area contributed by atoms with E-state index in [0.717, 1.165) is 11.3 Å². The average molecular weight is 392 g/mol. The molecule has 0 aliphatic heterocycles. The lowest BCUT2D eigenvalue weighted by Crippen LogP contribution is -2.35. The second kappa shape index (κ2) is 9.37. The number of para-hydroxylation sites is 1. The third kappa shape index (κ3) is 5.11. The van der Waals surface area contributed by atoms with Crippen LogP contribution in [0.15, 0.2) is 54.6 Å². The van der Waals surface area contributed by atoms with Crippen molar-refractivity contribution in [3.8, 4) is 11.8 Å². The van der Waals surface area contributed by atoms with Crippen LogP contribution in [0.4, 0.5) is 15.0 Å². The normalized spacial score (nSPS) is 10.3. The summed E-state index contributed by atoms with van der Waals surface area (Å²) < 4.78 is 14.4. The monoisotopic (exact) mass is 392 g/mol. The highest BCUT2D eigenvalue weighted by Crippen LogP contribution is 2.21. The molecule has 0 radical (unpaired) electrons. The van der Waals surface area contributed by atoms with Gasteiger partial charge in [-0.3, -0.25) is 0 Å². The fourth-order valence-corrected chi connectivity index (χ4v) is 2.85. The SMILES string of the molecule is N#Cc1c(CCCNC(=O)NCc2ccc(F)cc2)nn(-c2ccccc2)c1N. The quantitative estimate of drug-likeness (QED) is 0.537. The number of benzene rings is 2. The van der Waals surface area contributed by atoms with Gasteiger partial charge in [-0.05, 0) is 42.7 Å². The van der Waals surface area contributed by atoms with E-state index < -0.39 is 0 Å². The van der Waals surface area contributed by atoms with Crippen LogP contribution in [-0.4, -0.2) is 22.4 Å². The first kappa shape index (κ1) is 19.9. The van der Waals surface area contributed by atoms with E-state index in [1.54, 1.807) is 16.8 Å². The van der Waals surface area contributed by atoms with Crippen LogP contribution in [0.2, 0.25) is 0 Å². The zero-order valence-electron chi connectivity index (χ0n) is 15.7. The topological polar surface area (TPSA) is 109 Å². The zero-order valence-corrected chi connectivity index (χ0v) is 15.7. The molecule has 0 bridgehead atoms. The van der Waals surface area contributed by atoms with E-state index in [0.29, 0.717) is 43.0 Å². The summed E-state index contributed by atoms with van der Waals surface area (Å²) in [5, 5.41) is 19.3. The van der Waals surface area contributed by atoms with Gasteiger partial charge in [-0.2, -0.15) is 10.4 Å². The molecule has 0 fully saturated rings. The van der Waals surface area contributed by atoms with Crippen molar-refractivity contribution in [2.24, 2.45) is 0 Å². The summed E-state index contributed by atoms with van der Waals surface area (Å²) in [6.07, 6.45) is 1.11. The minimum absolute atomic E-state index is 0.304. The lowest BCUT2D eigenvalue weighted by molar-refractivity contribution is 0.240. The lowest BCUT2D eigenvalue weighted by atomic mass is 10.1. The summed E-state index contributed by atoms with van der Waals surface area (Å²) >= 11 is 0. The number of rotatable bonds is 7. The van der Waals surface area contributed by atoms with Crippen LogP contribution in [0.5, 0.6) is 0 Å². The van der Waals surface area contributed by atoms with Crippen LogP contribution in [0.1, 0.15) is 23.2 Å². The molecule has 2 aromatic carbocycles. The number of carbonyl (C=O) groups excluding carboxylic acids is 1. The number of aryl methyl sites for hydroxylation is 1.